The first-order valence-electron chi connectivity index (χ1n) is 13.5. The third-order valence-corrected chi connectivity index (χ3v) is 7.75. The van der Waals surface area contributed by atoms with Gasteiger partial charge >= 0.3 is 0 Å². The maximum absolute atomic E-state index is 14.3. The molecule has 1 heterocycles. The number of rotatable bonds is 13. The van der Waals surface area contributed by atoms with E-state index in [0.29, 0.717) is 17.9 Å². The number of ether oxygens (including phenoxy) is 2. The van der Waals surface area contributed by atoms with Crippen LogP contribution in [-0.4, -0.2) is 32.5 Å². The first kappa shape index (κ1) is 30.7. The van der Waals surface area contributed by atoms with Gasteiger partial charge in [0.25, 0.3) is 10.1 Å². The Labute approximate surface area is 245 Å². The van der Waals surface area contributed by atoms with E-state index < -0.39 is 15.9 Å². The highest BCUT2D eigenvalue weighted by atomic mass is 32.2. The number of para-hydroxylation sites is 1. The quantitative estimate of drug-likeness (QED) is 0.127. The summed E-state index contributed by atoms with van der Waals surface area (Å²) in [6.45, 7) is 5.60. The number of aromatic nitrogens is 1. The van der Waals surface area contributed by atoms with E-state index >= 15 is 0 Å². The van der Waals surface area contributed by atoms with Crippen molar-refractivity contribution in [3.8, 4) is 17.4 Å². The van der Waals surface area contributed by atoms with Crippen LogP contribution in [0.3, 0.4) is 0 Å². The summed E-state index contributed by atoms with van der Waals surface area (Å²) < 4.78 is 56.2. The molecule has 8 nitrogen and oxygen atoms in total. The number of nitrogens with zero attached hydrogens (tertiary/aromatic N) is 2. The summed E-state index contributed by atoms with van der Waals surface area (Å²) in [7, 11) is -3.87. The molecule has 0 bridgehead atoms. The highest BCUT2D eigenvalue weighted by molar-refractivity contribution is 7.86. The van der Waals surface area contributed by atoms with E-state index in [1.165, 1.54) is 42.3 Å². The zero-order chi connectivity index (χ0) is 30.1. The number of benzene rings is 3. The molecule has 0 aliphatic heterocycles. The molecular weight excluding hydrogens is 559 g/mol. The molecule has 0 saturated heterocycles. The fourth-order valence-electron chi connectivity index (χ4n) is 4.13. The van der Waals surface area contributed by atoms with Gasteiger partial charge in [0.05, 0.1) is 24.7 Å². The maximum Gasteiger partial charge on any atom is 0.296 e. The minimum atomic E-state index is -3.87. The lowest BCUT2D eigenvalue weighted by molar-refractivity contribution is -0.116. The van der Waals surface area contributed by atoms with Crippen LogP contribution in [0.1, 0.15) is 37.0 Å². The van der Waals surface area contributed by atoms with Crippen molar-refractivity contribution in [3.63, 3.8) is 0 Å². The smallest absolute Gasteiger partial charge is 0.296 e. The predicted octanol–water partition coefficient (Wildman–Crippen LogP) is 6.61. The number of amides is 1. The third-order valence-electron chi connectivity index (χ3n) is 6.42. The summed E-state index contributed by atoms with van der Waals surface area (Å²) in [5.74, 6) is -0.210. The monoisotopic (exact) mass is 592 g/mol. The van der Waals surface area contributed by atoms with Gasteiger partial charge in [-0.2, -0.15) is 8.42 Å². The van der Waals surface area contributed by atoms with Crippen molar-refractivity contribution in [2.75, 3.05) is 18.1 Å². The number of hydrogen-bond acceptors (Lipinski definition) is 7. The van der Waals surface area contributed by atoms with Crippen molar-refractivity contribution < 1.29 is 31.3 Å². The summed E-state index contributed by atoms with van der Waals surface area (Å²) in [6.07, 6.45) is 2.59. The molecule has 0 spiro atoms. The normalized spacial score (nSPS) is 11.2. The molecule has 1 amide bonds. The molecule has 0 saturated carbocycles. The molecule has 4 rings (SSSR count). The van der Waals surface area contributed by atoms with Gasteiger partial charge in [-0.1, -0.05) is 48.9 Å². The Bertz CT molecular complexity index is 1630. The molecule has 10 heteroatoms. The number of halogens is 1. The van der Waals surface area contributed by atoms with Gasteiger partial charge < -0.3 is 14.4 Å². The van der Waals surface area contributed by atoms with Crippen LogP contribution in [0.25, 0.3) is 0 Å². The van der Waals surface area contributed by atoms with Crippen LogP contribution >= 0.6 is 0 Å². The van der Waals surface area contributed by atoms with Gasteiger partial charge in [0, 0.05) is 25.1 Å². The second kappa shape index (κ2) is 14.1. The molecule has 4 aromatic rings. The third kappa shape index (κ3) is 7.92. The first-order valence-corrected chi connectivity index (χ1v) is 14.9. The van der Waals surface area contributed by atoms with Gasteiger partial charge in [-0.05, 0) is 61.4 Å². The molecule has 0 unspecified atom stereocenters. The number of carbonyl (C=O) groups excluding carboxylic acids is 1. The summed E-state index contributed by atoms with van der Waals surface area (Å²) >= 11 is 0. The fraction of sp³-hybridized carbons (Fsp3) is 0.250. The van der Waals surface area contributed by atoms with Gasteiger partial charge in [0.2, 0.25) is 11.8 Å². The van der Waals surface area contributed by atoms with Crippen LogP contribution in [0.4, 0.5) is 10.1 Å². The zero-order valence-electron chi connectivity index (χ0n) is 23.7. The average molecular weight is 593 g/mol. The zero-order valence-corrected chi connectivity index (χ0v) is 24.6. The van der Waals surface area contributed by atoms with Gasteiger partial charge in [-0.25, -0.2) is 9.37 Å². The SMILES string of the molecule is CCc1ccc(OCCCOS(=O)(=O)c2ccc(C)cc2)c(CN(C(C)=O)c2cccnc2Oc2ccccc2F)c1. The van der Waals surface area contributed by atoms with Crippen molar-refractivity contribution in [2.45, 2.75) is 45.1 Å². The highest BCUT2D eigenvalue weighted by Crippen LogP contribution is 2.33. The van der Waals surface area contributed by atoms with Crippen LogP contribution < -0.4 is 14.4 Å². The summed E-state index contributed by atoms with van der Waals surface area (Å²) in [4.78, 5) is 18.7. The molecule has 3 aromatic carbocycles. The largest absolute Gasteiger partial charge is 0.493 e. The number of aryl methyl sites for hydroxylation is 2. The molecule has 220 valence electrons. The minimum absolute atomic E-state index is 0.00966. The van der Waals surface area contributed by atoms with Crippen LogP contribution in [0, 0.1) is 12.7 Å². The molecule has 0 aliphatic rings. The maximum atomic E-state index is 14.3. The molecule has 0 aliphatic carbocycles. The van der Waals surface area contributed by atoms with Crippen molar-refractivity contribution in [2.24, 2.45) is 0 Å². The Kier molecular flexibility index (Phi) is 10.3. The molecule has 0 N–H and O–H groups in total. The standard InChI is InChI=1S/C32H33FN2O6S/c1-4-25-14-17-30(39-19-8-20-40-42(37,38)27-15-12-23(2)13-16-27)26(21-25)22-35(24(3)36)29-10-7-18-34-32(29)41-31-11-6-5-9-28(31)33/h5-7,9-18,21H,4,8,19-20,22H2,1-3H3. The minimum Gasteiger partial charge on any atom is -0.493 e. The van der Waals surface area contributed by atoms with Crippen molar-refractivity contribution in [3.05, 3.63) is 108 Å². The van der Waals surface area contributed by atoms with Crippen LogP contribution in [0.5, 0.6) is 17.4 Å². The fourth-order valence-corrected chi connectivity index (χ4v) is 5.08. The molecule has 0 radical (unpaired) electrons. The Balaban J connectivity index is 1.48. The highest BCUT2D eigenvalue weighted by Gasteiger charge is 2.21. The molecule has 0 fully saturated rings. The van der Waals surface area contributed by atoms with Crippen LogP contribution in [0.2, 0.25) is 0 Å². The lowest BCUT2D eigenvalue weighted by Gasteiger charge is -2.24. The van der Waals surface area contributed by atoms with E-state index in [-0.39, 0.29) is 42.2 Å². The summed E-state index contributed by atoms with van der Waals surface area (Å²) in [6, 6.07) is 21.5. The molecule has 1 aromatic heterocycles. The van der Waals surface area contributed by atoms with Crippen molar-refractivity contribution in [1.29, 1.82) is 0 Å². The van der Waals surface area contributed by atoms with E-state index in [0.717, 1.165) is 23.1 Å². The van der Waals surface area contributed by atoms with E-state index in [9.17, 15) is 17.6 Å². The van der Waals surface area contributed by atoms with Gasteiger partial charge in [-0.3, -0.25) is 8.98 Å². The number of pyridine rings is 1. The lowest BCUT2D eigenvalue weighted by Crippen LogP contribution is -2.28. The van der Waals surface area contributed by atoms with E-state index in [1.807, 2.05) is 32.0 Å². The van der Waals surface area contributed by atoms with E-state index in [1.54, 1.807) is 36.4 Å². The predicted molar refractivity (Wildman–Crippen MR) is 158 cm³/mol. The average Bonchev–Trinajstić information content (AvgIpc) is 2.98. The summed E-state index contributed by atoms with van der Waals surface area (Å²) in [5.41, 5.74) is 3.10. The van der Waals surface area contributed by atoms with Gasteiger partial charge in [0.1, 0.15) is 11.4 Å². The van der Waals surface area contributed by atoms with Crippen LogP contribution in [0.15, 0.2) is 90.0 Å². The van der Waals surface area contributed by atoms with E-state index in [2.05, 4.69) is 4.98 Å². The topological polar surface area (TPSA) is 95.0 Å². The number of hydrogen-bond donors (Lipinski definition) is 0. The first-order chi connectivity index (χ1) is 20.2. The molecule has 42 heavy (non-hydrogen) atoms. The van der Waals surface area contributed by atoms with Crippen molar-refractivity contribution in [1.82, 2.24) is 4.98 Å². The summed E-state index contributed by atoms with van der Waals surface area (Å²) in [5, 5.41) is 0. The van der Waals surface area contributed by atoms with Gasteiger partial charge in [0.15, 0.2) is 11.6 Å². The van der Waals surface area contributed by atoms with Gasteiger partial charge in [-0.15, -0.1) is 0 Å². The Morgan fingerprint density at radius 3 is 2.43 bits per heavy atom. The second-order valence-electron chi connectivity index (χ2n) is 9.55. The second-order valence-corrected chi connectivity index (χ2v) is 11.2. The van der Waals surface area contributed by atoms with Crippen molar-refractivity contribution >= 4 is 21.7 Å². The van der Waals surface area contributed by atoms with Crippen LogP contribution in [-0.2, 0) is 32.1 Å². The molecular formula is C32H33FN2O6S. The van der Waals surface area contributed by atoms with E-state index in [4.69, 9.17) is 13.7 Å². The molecule has 0 atom stereocenters. The lowest BCUT2D eigenvalue weighted by atomic mass is 10.1. The Morgan fingerprint density at radius 2 is 1.71 bits per heavy atom. The number of anilines is 1. The Hall–Kier alpha value is -4.28. The number of carbonyl (C=O) groups is 1. The Morgan fingerprint density at radius 1 is 0.952 bits per heavy atom.